The molecule has 0 bridgehead atoms. The summed E-state index contributed by atoms with van der Waals surface area (Å²) in [6.45, 7) is 6.44. The quantitative estimate of drug-likeness (QED) is 0.626. The number of hydrogen-bond acceptors (Lipinski definition) is 5. The summed E-state index contributed by atoms with van der Waals surface area (Å²) < 4.78 is 1.58. The number of aryl methyl sites for hydroxylation is 2. The molecule has 4 rings (SSSR count). The van der Waals surface area contributed by atoms with E-state index in [1.807, 2.05) is 30.3 Å². The minimum absolute atomic E-state index is 0.0299. The Morgan fingerprint density at radius 3 is 2.63 bits per heavy atom. The highest BCUT2D eigenvalue weighted by atomic mass is 32.1. The zero-order chi connectivity index (χ0) is 21.1. The maximum absolute atomic E-state index is 13.6. The van der Waals surface area contributed by atoms with Crippen LogP contribution in [0.25, 0.3) is 10.2 Å². The second-order valence-electron chi connectivity index (χ2n) is 7.69. The Balaban J connectivity index is 1.75. The van der Waals surface area contributed by atoms with E-state index >= 15 is 0 Å². The maximum atomic E-state index is 13.6. The van der Waals surface area contributed by atoms with Crippen molar-refractivity contribution in [1.82, 2.24) is 14.5 Å². The molecule has 0 spiro atoms. The van der Waals surface area contributed by atoms with Crippen molar-refractivity contribution >= 4 is 33.1 Å². The minimum atomic E-state index is -0.214. The predicted molar refractivity (Wildman–Crippen MR) is 122 cm³/mol. The highest BCUT2D eigenvalue weighted by Crippen LogP contribution is 2.33. The minimum Gasteiger partial charge on any atom is -0.325 e. The number of aromatic nitrogens is 2. The van der Waals surface area contributed by atoms with Crippen LogP contribution in [-0.4, -0.2) is 33.4 Å². The summed E-state index contributed by atoms with van der Waals surface area (Å²) >= 11 is 1.66. The van der Waals surface area contributed by atoms with E-state index in [0.29, 0.717) is 12.4 Å². The van der Waals surface area contributed by atoms with Gasteiger partial charge in [0.1, 0.15) is 17.2 Å². The Morgan fingerprint density at radius 1 is 1.17 bits per heavy atom. The zero-order valence-electron chi connectivity index (χ0n) is 17.6. The van der Waals surface area contributed by atoms with Gasteiger partial charge in [0.05, 0.1) is 11.9 Å². The van der Waals surface area contributed by atoms with Crippen molar-refractivity contribution in [3.05, 3.63) is 57.0 Å². The number of para-hydroxylation sites is 1. The molecule has 6 nitrogen and oxygen atoms in total. The number of benzene rings is 1. The third kappa shape index (κ3) is 4.18. The van der Waals surface area contributed by atoms with Crippen LogP contribution in [0.2, 0.25) is 0 Å². The molecular formula is C23H28N4O2S. The van der Waals surface area contributed by atoms with Crippen molar-refractivity contribution < 1.29 is 4.79 Å². The highest BCUT2D eigenvalue weighted by molar-refractivity contribution is 7.18. The number of nitrogens with zero attached hydrogens (tertiary/aromatic N) is 3. The van der Waals surface area contributed by atoms with E-state index in [2.05, 4.69) is 24.1 Å². The van der Waals surface area contributed by atoms with E-state index in [1.165, 1.54) is 11.3 Å². The van der Waals surface area contributed by atoms with Crippen molar-refractivity contribution in [2.75, 3.05) is 18.4 Å². The number of carbonyl (C=O) groups is 1. The first kappa shape index (κ1) is 20.8. The second kappa shape index (κ2) is 9.10. The normalized spacial score (nSPS) is 13.6. The van der Waals surface area contributed by atoms with Gasteiger partial charge in [0.2, 0.25) is 5.91 Å². The first-order valence-electron chi connectivity index (χ1n) is 10.7. The molecule has 30 heavy (non-hydrogen) atoms. The van der Waals surface area contributed by atoms with E-state index in [4.69, 9.17) is 4.98 Å². The number of fused-ring (bicyclic) bond motifs is 3. The third-order valence-corrected chi connectivity index (χ3v) is 6.96. The summed E-state index contributed by atoms with van der Waals surface area (Å²) in [7, 11) is 0. The van der Waals surface area contributed by atoms with Crippen LogP contribution in [0.15, 0.2) is 35.1 Å². The van der Waals surface area contributed by atoms with Crippen LogP contribution >= 0.6 is 11.3 Å². The Hall–Kier alpha value is -2.51. The lowest BCUT2D eigenvalue weighted by Gasteiger charge is -2.20. The standard InChI is InChI=1S/C23H28N4O2S/c1-3-26(4-2)14-19-25-22-21(17-12-8-9-13-18(17)30-22)23(29)27(19)15-20(28)24-16-10-6-5-7-11-16/h5-7,10-11H,3-4,8-9,12-15H2,1-2H3,(H,24,28). The van der Waals surface area contributed by atoms with Gasteiger partial charge in [0.25, 0.3) is 5.56 Å². The SMILES string of the molecule is CCN(CC)Cc1nc2sc3c(c2c(=O)n1CC(=O)Nc1ccccc1)CCCC3. The number of rotatable bonds is 7. The monoisotopic (exact) mass is 424 g/mol. The summed E-state index contributed by atoms with van der Waals surface area (Å²) in [5.74, 6) is 0.451. The molecule has 1 aromatic carbocycles. The molecule has 1 amide bonds. The molecule has 0 aliphatic heterocycles. The van der Waals surface area contributed by atoms with Crippen LogP contribution in [0.4, 0.5) is 5.69 Å². The largest absolute Gasteiger partial charge is 0.325 e. The van der Waals surface area contributed by atoms with E-state index in [-0.39, 0.29) is 18.0 Å². The van der Waals surface area contributed by atoms with E-state index in [9.17, 15) is 9.59 Å². The van der Waals surface area contributed by atoms with Gasteiger partial charge in [-0.3, -0.25) is 19.1 Å². The fourth-order valence-electron chi connectivity index (χ4n) is 4.08. The lowest BCUT2D eigenvalue weighted by atomic mass is 9.97. The Labute approximate surface area is 180 Å². The molecular weight excluding hydrogens is 396 g/mol. The molecule has 0 fully saturated rings. The third-order valence-electron chi connectivity index (χ3n) is 5.77. The molecule has 0 radical (unpaired) electrons. The number of hydrogen-bond donors (Lipinski definition) is 1. The maximum Gasteiger partial charge on any atom is 0.263 e. The molecule has 1 aliphatic carbocycles. The number of anilines is 1. The van der Waals surface area contributed by atoms with Gasteiger partial charge in [0, 0.05) is 10.6 Å². The van der Waals surface area contributed by atoms with Gasteiger partial charge < -0.3 is 5.32 Å². The molecule has 158 valence electrons. The molecule has 2 heterocycles. The topological polar surface area (TPSA) is 67.2 Å². The highest BCUT2D eigenvalue weighted by Gasteiger charge is 2.23. The molecule has 0 saturated heterocycles. The lowest BCUT2D eigenvalue weighted by Crippen LogP contribution is -2.34. The van der Waals surface area contributed by atoms with Gasteiger partial charge in [-0.05, 0) is 56.5 Å². The van der Waals surface area contributed by atoms with Crippen LogP contribution in [0.5, 0.6) is 0 Å². The summed E-state index contributed by atoms with van der Waals surface area (Å²) in [4.78, 5) is 35.6. The van der Waals surface area contributed by atoms with Crippen molar-refractivity contribution in [3.8, 4) is 0 Å². The van der Waals surface area contributed by atoms with Gasteiger partial charge in [-0.1, -0.05) is 32.0 Å². The Kier molecular flexibility index (Phi) is 6.29. The van der Waals surface area contributed by atoms with Crippen LogP contribution < -0.4 is 10.9 Å². The Bertz CT molecular complexity index is 1100. The average molecular weight is 425 g/mol. The van der Waals surface area contributed by atoms with Crippen LogP contribution in [0, 0.1) is 0 Å². The smallest absolute Gasteiger partial charge is 0.263 e. The predicted octanol–water partition coefficient (Wildman–Crippen LogP) is 3.82. The van der Waals surface area contributed by atoms with Gasteiger partial charge >= 0.3 is 0 Å². The fraction of sp³-hybridized carbons (Fsp3) is 0.435. The van der Waals surface area contributed by atoms with Crippen molar-refractivity contribution in [3.63, 3.8) is 0 Å². The molecule has 3 aromatic rings. The van der Waals surface area contributed by atoms with Gasteiger partial charge in [-0.15, -0.1) is 11.3 Å². The van der Waals surface area contributed by atoms with Crippen molar-refractivity contribution in [1.29, 1.82) is 0 Å². The second-order valence-corrected chi connectivity index (χ2v) is 8.77. The molecule has 1 aliphatic rings. The first-order valence-corrected chi connectivity index (χ1v) is 11.5. The van der Waals surface area contributed by atoms with Gasteiger partial charge in [0.15, 0.2) is 0 Å². The van der Waals surface area contributed by atoms with Crippen LogP contribution in [0.1, 0.15) is 43.0 Å². The molecule has 0 atom stereocenters. The number of nitrogens with one attached hydrogen (secondary N) is 1. The number of thiophene rings is 1. The fourth-order valence-corrected chi connectivity index (χ4v) is 5.35. The molecule has 2 aromatic heterocycles. The number of amides is 1. The Morgan fingerprint density at radius 2 is 1.90 bits per heavy atom. The van der Waals surface area contributed by atoms with Crippen molar-refractivity contribution in [2.24, 2.45) is 0 Å². The van der Waals surface area contributed by atoms with E-state index < -0.39 is 0 Å². The van der Waals surface area contributed by atoms with Crippen molar-refractivity contribution in [2.45, 2.75) is 52.6 Å². The zero-order valence-corrected chi connectivity index (χ0v) is 18.4. The van der Waals surface area contributed by atoms with Crippen LogP contribution in [0.3, 0.4) is 0 Å². The van der Waals surface area contributed by atoms with E-state index in [0.717, 1.165) is 53.8 Å². The molecule has 7 heteroatoms. The van der Waals surface area contributed by atoms with Gasteiger partial charge in [-0.2, -0.15) is 0 Å². The van der Waals surface area contributed by atoms with E-state index in [1.54, 1.807) is 15.9 Å². The average Bonchev–Trinajstić information content (AvgIpc) is 3.13. The summed E-state index contributed by atoms with van der Waals surface area (Å²) in [5.41, 5.74) is 1.80. The lowest BCUT2D eigenvalue weighted by molar-refractivity contribution is -0.116. The van der Waals surface area contributed by atoms with Gasteiger partial charge in [-0.25, -0.2) is 4.98 Å². The first-order chi connectivity index (χ1) is 14.6. The number of carbonyl (C=O) groups excluding carboxylic acids is 1. The molecule has 0 unspecified atom stereocenters. The molecule has 0 saturated carbocycles. The summed E-state index contributed by atoms with van der Waals surface area (Å²) in [6.07, 6.45) is 4.22. The summed E-state index contributed by atoms with van der Waals surface area (Å²) in [5, 5.41) is 3.62. The molecule has 1 N–H and O–H groups in total. The van der Waals surface area contributed by atoms with Crippen LogP contribution in [-0.2, 0) is 30.7 Å². The summed E-state index contributed by atoms with van der Waals surface area (Å²) in [6, 6.07) is 9.33.